The Hall–Kier alpha value is -2.50. The van der Waals surface area contributed by atoms with Crippen LogP contribution >= 0.6 is 11.3 Å². The van der Waals surface area contributed by atoms with Gasteiger partial charge in [0, 0.05) is 54.0 Å². The molecular formula is C28H33FN2OS. The fraction of sp³-hybridized carbons (Fsp3) is 0.393. The van der Waals surface area contributed by atoms with Gasteiger partial charge in [0.25, 0.3) is 5.91 Å². The zero-order valence-corrected chi connectivity index (χ0v) is 20.5. The van der Waals surface area contributed by atoms with Crippen LogP contribution in [0.25, 0.3) is 0 Å². The molecule has 0 radical (unpaired) electrons. The third-order valence-corrected chi connectivity index (χ3v) is 7.32. The molecule has 3 nitrogen and oxygen atoms in total. The second-order valence-electron chi connectivity index (χ2n) is 9.59. The van der Waals surface area contributed by atoms with Gasteiger partial charge in [-0.25, -0.2) is 4.39 Å². The minimum Gasteiger partial charge on any atom is -0.338 e. The minimum atomic E-state index is -0.208. The van der Waals surface area contributed by atoms with E-state index < -0.39 is 0 Å². The van der Waals surface area contributed by atoms with Gasteiger partial charge >= 0.3 is 0 Å². The first-order chi connectivity index (χ1) is 15.9. The van der Waals surface area contributed by atoms with Gasteiger partial charge in [-0.15, -0.1) is 11.3 Å². The minimum absolute atomic E-state index is 0.0921. The van der Waals surface area contributed by atoms with Gasteiger partial charge in [0.05, 0.1) is 0 Å². The molecule has 1 aromatic heterocycles. The summed E-state index contributed by atoms with van der Waals surface area (Å²) in [5.41, 5.74) is 1.89. The lowest BCUT2D eigenvalue weighted by atomic mass is 9.88. The molecule has 1 aliphatic rings. The first-order valence-corrected chi connectivity index (χ1v) is 12.6. The molecular weight excluding hydrogens is 431 g/mol. The van der Waals surface area contributed by atoms with Gasteiger partial charge in [0.2, 0.25) is 0 Å². The Morgan fingerprint density at radius 2 is 1.79 bits per heavy atom. The first-order valence-electron chi connectivity index (χ1n) is 11.8. The molecule has 1 saturated heterocycles. The van der Waals surface area contributed by atoms with Gasteiger partial charge in [0.1, 0.15) is 5.82 Å². The van der Waals surface area contributed by atoms with Crippen molar-refractivity contribution >= 4 is 17.2 Å². The van der Waals surface area contributed by atoms with Crippen molar-refractivity contribution in [1.82, 2.24) is 9.80 Å². The first kappa shape index (κ1) is 23.7. The van der Waals surface area contributed by atoms with Crippen molar-refractivity contribution in [2.75, 3.05) is 26.2 Å². The average Bonchev–Trinajstić information content (AvgIpc) is 3.39. The van der Waals surface area contributed by atoms with Crippen molar-refractivity contribution in [3.63, 3.8) is 0 Å². The summed E-state index contributed by atoms with van der Waals surface area (Å²) < 4.78 is 13.6. The number of aryl methyl sites for hydroxylation is 1. The predicted molar refractivity (Wildman–Crippen MR) is 134 cm³/mol. The normalized spacial score (nSPS) is 18.7. The Kier molecular flexibility index (Phi) is 7.61. The molecule has 0 spiro atoms. The Morgan fingerprint density at radius 3 is 2.42 bits per heavy atom. The molecule has 2 atom stereocenters. The molecule has 1 aliphatic heterocycles. The quantitative estimate of drug-likeness (QED) is 0.396. The SMILES string of the molecule is Cc1ccc(CN2C[C@H](CN(CC(C)C)C(=O)c3ccccc3)[C@@H](c3ccc(F)cc3)C2)s1. The highest BCUT2D eigenvalue weighted by Gasteiger charge is 2.36. The van der Waals surface area contributed by atoms with Gasteiger partial charge in [-0.2, -0.15) is 0 Å². The largest absolute Gasteiger partial charge is 0.338 e. The summed E-state index contributed by atoms with van der Waals surface area (Å²) in [6.07, 6.45) is 0. The topological polar surface area (TPSA) is 23.6 Å². The summed E-state index contributed by atoms with van der Waals surface area (Å²) in [6, 6.07) is 20.9. The van der Waals surface area contributed by atoms with Crippen LogP contribution in [-0.2, 0) is 6.54 Å². The third-order valence-electron chi connectivity index (χ3n) is 6.34. The molecule has 174 valence electrons. The van der Waals surface area contributed by atoms with E-state index in [1.807, 2.05) is 58.7 Å². The van der Waals surface area contributed by atoms with E-state index in [0.717, 1.165) is 37.3 Å². The Labute approximate surface area is 200 Å². The number of hydrogen-bond acceptors (Lipinski definition) is 3. The van der Waals surface area contributed by atoms with Gasteiger partial charge in [-0.05, 0) is 60.7 Å². The monoisotopic (exact) mass is 464 g/mol. The maximum atomic E-state index is 13.6. The molecule has 2 heterocycles. The second-order valence-corrected chi connectivity index (χ2v) is 11.0. The van der Waals surface area contributed by atoms with Gasteiger partial charge in [-0.3, -0.25) is 9.69 Å². The Balaban J connectivity index is 1.57. The number of nitrogens with zero attached hydrogens (tertiary/aromatic N) is 2. The van der Waals surface area contributed by atoms with E-state index in [9.17, 15) is 9.18 Å². The molecule has 5 heteroatoms. The average molecular weight is 465 g/mol. The van der Waals surface area contributed by atoms with Crippen LogP contribution in [0.1, 0.15) is 45.4 Å². The number of amides is 1. The standard InChI is InChI=1S/C28H33FN2OS/c1-20(2)15-31(28(32)23-7-5-4-6-8-23)17-24-16-30(18-26-14-9-21(3)33-26)19-27(24)22-10-12-25(29)13-11-22/h4-14,20,24,27H,15-19H2,1-3H3/t24-,27-/m1/s1. The van der Waals surface area contributed by atoms with Gasteiger partial charge < -0.3 is 4.90 Å². The van der Waals surface area contributed by atoms with Crippen LogP contribution in [-0.4, -0.2) is 41.9 Å². The lowest BCUT2D eigenvalue weighted by molar-refractivity contribution is 0.0703. The summed E-state index contributed by atoms with van der Waals surface area (Å²) in [7, 11) is 0. The molecule has 0 bridgehead atoms. The maximum absolute atomic E-state index is 13.6. The zero-order valence-electron chi connectivity index (χ0n) is 19.7. The summed E-state index contributed by atoms with van der Waals surface area (Å²) >= 11 is 1.84. The molecule has 0 aliphatic carbocycles. The van der Waals surface area contributed by atoms with E-state index in [-0.39, 0.29) is 17.6 Å². The van der Waals surface area contributed by atoms with Crippen molar-refractivity contribution in [1.29, 1.82) is 0 Å². The van der Waals surface area contributed by atoms with E-state index in [2.05, 4.69) is 37.8 Å². The predicted octanol–water partition coefficient (Wildman–Crippen LogP) is 6.21. The highest BCUT2D eigenvalue weighted by molar-refractivity contribution is 7.11. The van der Waals surface area contributed by atoms with Crippen LogP contribution in [0.15, 0.2) is 66.7 Å². The third kappa shape index (κ3) is 6.10. The second kappa shape index (κ2) is 10.6. The molecule has 2 aromatic carbocycles. The molecule has 1 fully saturated rings. The van der Waals surface area contributed by atoms with Crippen molar-refractivity contribution in [2.24, 2.45) is 11.8 Å². The van der Waals surface area contributed by atoms with Gasteiger partial charge in [0.15, 0.2) is 0 Å². The molecule has 0 N–H and O–H groups in total. The van der Waals surface area contributed by atoms with Crippen molar-refractivity contribution < 1.29 is 9.18 Å². The summed E-state index contributed by atoms with van der Waals surface area (Å²) in [4.78, 5) is 20.6. The lowest BCUT2D eigenvalue weighted by Crippen LogP contribution is -2.39. The number of halogens is 1. The van der Waals surface area contributed by atoms with E-state index in [0.29, 0.717) is 18.4 Å². The van der Waals surface area contributed by atoms with Crippen molar-refractivity contribution in [3.05, 3.63) is 93.4 Å². The van der Waals surface area contributed by atoms with Crippen LogP contribution in [0, 0.1) is 24.6 Å². The number of carbonyl (C=O) groups excluding carboxylic acids is 1. The highest BCUT2D eigenvalue weighted by atomic mass is 32.1. The maximum Gasteiger partial charge on any atom is 0.253 e. The fourth-order valence-electron chi connectivity index (χ4n) is 4.88. The molecule has 3 aromatic rings. The van der Waals surface area contributed by atoms with E-state index in [4.69, 9.17) is 0 Å². The smallest absolute Gasteiger partial charge is 0.253 e. The van der Waals surface area contributed by atoms with Crippen LogP contribution in [0.5, 0.6) is 0 Å². The molecule has 0 unspecified atom stereocenters. The van der Waals surface area contributed by atoms with Gasteiger partial charge in [-0.1, -0.05) is 44.2 Å². The van der Waals surface area contributed by atoms with Crippen molar-refractivity contribution in [2.45, 2.75) is 33.2 Å². The van der Waals surface area contributed by atoms with Crippen molar-refractivity contribution in [3.8, 4) is 0 Å². The number of thiophene rings is 1. The van der Waals surface area contributed by atoms with Crippen LogP contribution in [0.3, 0.4) is 0 Å². The van der Waals surface area contributed by atoms with Crippen LogP contribution < -0.4 is 0 Å². The molecule has 4 rings (SSSR count). The highest BCUT2D eigenvalue weighted by Crippen LogP contribution is 2.35. The number of hydrogen-bond donors (Lipinski definition) is 0. The number of rotatable bonds is 8. The zero-order chi connectivity index (χ0) is 23.4. The molecule has 1 amide bonds. The van der Waals surface area contributed by atoms with Crippen LogP contribution in [0.4, 0.5) is 4.39 Å². The summed E-state index contributed by atoms with van der Waals surface area (Å²) in [6.45, 7) is 10.6. The van der Waals surface area contributed by atoms with E-state index in [1.54, 1.807) is 12.1 Å². The Bertz CT molecular complexity index is 1050. The number of benzene rings is 2. The lowest BCUT2D eigenvalue weighted by Gasteiger charge is -2.30. The summed E-state index contributed by atoms with van der Waals surface area (Å²) in [5.74, 6) is 0.829. The fourth-order valence-corrected chi connectivity index (χ4v) is 5.81. The van der Waals surface area contributed by atoms with E-state index >= 15 is 0 Å². The number of carbonyl (C=O) groups is 1. The summed E-state index contributed by atoms with van der Waals surface area (Å²) in [5, 5.41) is 0. The number of likely N-dealkylation sites (tertiary alicyclic amines) is 1. The molecule has 0 saturated carbocycles. The molecule has 33 heavy (non-hydrogen) atoms. The van der Waals surface area contributed by atoms with E-state index in [1.165, 1.54) is 9.75 Å². The Morgan fingerprint density at radius 1 is 1.06 bits per heavy atom. The van der Waals surface area contributed by atoms with Crippen LogP contribution in [0.2, 0.25) is 0 Å².